The van der Waals surface area contributed by atoms with E-state index >= 15 is 0 Å². The van der Waals surface area contributed by atoms with E-state index in [1.54, 1.807) is 0 Å². The summed E-state index contributed by atoms with van der Waals surface area (Å²) in [6.07, 6.45) is 0. The van der Waals surface area contributed by atoms with Crippen LogP contribution in [0.5, 0.6) is 5.75 Å². The molecule has 0 saturated carbocycles. The molecule has 0 heterocycles. The van der Waals surface area contributed by atoms with Crippen molar-refractivity contribution < 1.29 is 15.1 Å². The van der Waals surface area contributed by atoms with Crippen LogP contribution < -0.4 is 0 Å². The summed E-state index contributed by atoms with van der Waals surface area (Å²) >= 11 is 0. The number of nitro benzene ring substituents is 1. The topological polar surface area (TPSA) is 83.6 Å². The van der Waals surface area contributed by atoms with E-state index in [1.165, 1.54) is 18.2 Å². The number of aliphatic hydroxyl groups excluding tert-OH is 1. The van der Waals surface area contributed by atoms with Crippen LogP contribution in [0.4, 0.5) is 5.69 Å². The van der Waals surface area contributed by atoms with E-state index in [0.717, 1.165) is 13.2 Å². The lowest BCUT2D eigenvalue weighted by Gasteiger charge is -1.89. The molecule has 0 aliphatic rings. The van der Waals surface area contributed by atoms with Gasteiger partial charge in [0.1, 0.15) is 5.75 Å². The molecule has 0 unspecified atom stereocenters. The molecular weight excluding hydrogens is 162 g/mol. The number of aliphatic hydroxyl groups is 1. The van der Waals surface area contributed by atoms with Gasteiger partial charge in [-0.1, -0.05) is 6.07 Å². The van der Waals surface area contributed by atoms with E-state index in [1.807, 2.05) is 0 Å². The molecule has 0 radical (unpaired) electrons. The second-order valence-electron chi connectivity index (χ2n) is 1.78. The molecule has 0 aromatic heterocycles. The van der Waals surface area contributed by atoms with Gasteiger partial charge in [-0.15, -0.1) is 0 Å². The van der Waals surface area contributed by atoms with E-state index in [2.05, 4.69) is 0 Å². The van der Waals surface area contributed by atoms with Gasteiger partial charge in [0, 0.05) is 13.2 Å². The van der Waals surface area contributed by atoms with Gasteiger partial charge in [0.2, 0.25) is 0 Å². The molecule has 2 N–H and O–H groups in total. The van der Waals surface area contributed by atoms with Crippen molar-refractivity contribution in [3.05, 3.63) is 34.4 Å². The van der Waals surface area contributed by atoms with Gasteiger partial charge in [0.05, 0.1) is 11.0 Å². The fraction of sp³-hybridized carbons (Fsp3) is 0.143. The maximum atomic E-state index is 10.0. The van der Waals surface area contributed by atoms with Crippen LogP contribution >= 0.6 is 0 Å². The molecular formula is C7H9NO4. The molecule has 12 heavy (non-hydrogen) atoms. The molecule has 66 valence electrons. The van der Waals surface area contributed by atoms with Crippen molar-refractivity contribution >= 4 is 5.69 Å². The smallest absolute Gasteiger partial charge is 0.273 e. The maximum absolute atomic E-state index is 10.0. The molecule has 0 aliphatic heterocycles. The fourth-order valence-corrected chi connectivity index (χ4v) is 0.607. The summed E-state index contributed by atoms with van der Waals surface area (Å²) in [6, 6.07) is 5.22. The van der Waals surface area contributed by atoms with Crippen LogP contribution in [0, 0.1) is 10.1 Å². The van der Waals surface area contributed by atoms with Gasteiger partial charge in [-0.05, 0) is 6.07 Å². The highest BCUT2D eigenvalue weighted by Gasteiger charge is 2.03. The Morgan fingerprint density at radius 3 is 2.33 bits per heavy atom. The number of benzene rings is 1. The van der Waals surface area contributed by atoms with E-state index < -0.39 is 4.92 Å². The van der Waals surface area contributed by atoms with Gasteiger partial charge in [-0.2, -0.15) is 0 Å². The van der Waals surface area contributed by atoms with Crippen LogP contribution in [0.15, 0.2) is 24.3 Å². The third-order valence-corrected chi connectivity index (χ3v) is 1.04. The Hall–Kier alpha value is -1.62. The SMILES string of the molecule is CO.O=[N+]([O-])c1cccc(O)c1. The Morgan fingerprint density at radius 2 is 2.00 bits per heavy atom. The van der Waals surface area contributed by atoms with Crippen molar-refractivity contribution in [1.29, 1.82) is 0 Å². The second-order valence-corrected chi connectivity index (χ2v) is 1.78. The third-order valence-electron chi connectivity index (χ3n) is 1.04. The van der Waals surface area contributed by atoms with Crippen molar-refractivity contribution in [1.82, 2.24) is 0 Å². The van der Waals surface area contributed by atoms with Gasteiger partial charge >= 0.3 is 0 Å². The zero-order chi connectivity index (χ0) is 9.56. The summed E-state index contributed by atoms with van der Waals surface area (Å²) in [5.74, 6) is -0.0887. The molecule has 0 atom stereocenters. The van der Waals surface area contributed by atoms with Crippen LogP contribution in [0.2, 0.25) is 0 Å². The predicted molar refractivity (Wildman–Crippen MR) is 42.9 cm³/mol. The first-order valence-corrected chi connectivity index (χ1v) is 3.08. The van der Waals surface area contributed by atoms with E-state index in [0.29, 0.717) is 0 Å². The van der Waals surface area contributed by atoms with Crippen molar-refractivity contribution in [2.45, 2.75) is 0 Å². The first-order valence-electron chi connectivity index (χ1n) is 3.08. The molecule has 0 fully saturated rings. The van der Waals surface area contributed by atoms with Crippen LogP contribution in [0.1, 0.15) is 0 Å². The number of hydrogen-bond acceptors (Lipinski definition) is 4. The molecule has 0 amide bonds. The van der Waals surface area contributed by atoms with Crippen LogP contribution in [0.25, 0.3) is 0 Å². The Labute approximate surface area is 69.0 Å². The van der Waals surface area contributed by atoms with Crippen LogP contribution in [-0.4, -0.2) is 22.2 Å². The minimum absolute atomic E-state index is 0.0887. The van der Waals surface area contributed by atoms with Gasteiger partial charge < -0.3 is 10.2 Å². The number of phenols is 1. The quantitative estimate of drug-likeness (QED) is 0.485. The molecule has 0 aliphatic carbocycles. The molecule has 5 nitrogen and oxygen atoms in total. The third kappa shape index (κ3) is 2.98. The van der Waals surface area contributed by atoms with Gasteiger partial charge in [-0.25, -0.2) is 0 Å². The lowest BCUT2D eigenvalue weighted by molar-refractivity contribution is -0.384. The average Bonchev–Trinajstić information content (AvgIpc) is 2.08. The monoisotopic (exact) mass is 171 g/mol. The highest BCUT2D eigenvalue weighted by Crippen LogP contribution is 2.16. The van der Waals surface area contributed by atoms with Gasteiger partial charge in [0.25, 0.3) is 5.69 Å². The molecule has 1 rings (SSSR count). The lowest BCUT2D eigenvalue weighted by atomic mass is 10.3. The van der Waals surface area contributed by atoms with E-state index in [9.17, 15) is 10.1 Å². The van der Waals surface area contributed by atoms with Crippen LogP contribution in [0.3, 0.4) is 0 Å². The van der Waals surface area contributed by atoms with E-state index in [-0.39, 0.29) is 11.4 Å². The number of rotatable bonds is 1. The number of nitro groups is 1. The highest BCUT2D eigenvalue weighted by atomic mass is 16.6. The van der Waals surface area contributed by atoms with Crippen molar-refractivity contribution in [3.8, 4) is 5.75 Å². The number of phenolic OH excluding ortho intramolecular Hbond substituents is 1. The molecule has 0 spiro atoms. The fourth-order valence-electron chi connectivity index (χ4n) is 0.607. The zero-order valence-corrected chi connectivity index (χ0v) is 6.47. The largest absolute Gasteiger partial charge is 0.508 e. The Balaban J connectivity index is 0.000000561. The molecule has 1 aromatic carbocycles. The zero-order valence-electron chi connectivity index (χ0n) is 6.47. The minimum atomic E-state index is -0.556. The summed E-state index contributed by atoms with van der Waals surface area (Å²) in [6.45, 7) is 0. The number of hydrogen-bond donors (Lipinski definition) is 2. The summed E-state index contributed by atoms with van der Waals surface area (Å²) < 4.78 is 0. The summed E-state index contributed by atoms with van der Waals surface area (Å²) in [5, 5.41) is 25.8. The van der Waals surface area contributed by atoms with Crippen LogP contribution in [-0.2, 0) is 0 Å². The second kappa shape index (κ2) is 5.09. The average molecular weight is 171 g/mol. The summed E-state index contributed by atoms with van der Waals surface area (Å²) in [5.41, 5.74) is -0.0972. The number of aromatic hydroxyl groups is 1. The first-order chi connectivity index (χ1) is 5.70. The lowest BCUT2D eigenvalue weighted by Crippen LogP contribution is -1.85. The van der Waals surface area contributed by atoms with E-state index in [4.69, 9.17) is 10.2 Å². The highest BCUT2D eigenvalue weighted by molar-refractivity contribution is 5.36. The Kier molecular flexibility index (Phi) is 4.40. The predicted octanol–water partition coefficient (Wildman–Crippen LogP) is 0.909. The van der Waals surface area contributed by atoms with Gasteiger partial charge in [-0.3, -0.25) is 10.1 Å². The van der Waals surface area contributed by atoms with Crippen molar-refractivity contribution in [2.24, 2.45) is 0 Å². The summed E-state index contributed by atoms with van der Waals surface area (Å²) in [4.78, 5) is 9.49. The molecule has 1 aromatic rings. The Bertz CT molecular complexity index is 261. The maximum Gasteiger partial charge on any atom is 0.273 e. The van der Waals surface area contributed by atoms with Gasteiger partial charge in [0.15, 0.2) is 0 Å². The minimum Gasteiger partial charge on any atom is -0.508 e. The number of non-ortho nitro benzene ring substituents is 1. The Morgan fingerprint density at radius 1 is 1.42 bits per heavy atom. The molecule has 0 saturated heterocycles. The standard InChI is InChI=1S/C6H5NO3.CH4O/c8-6-3-1-2-5(4-6)7(9)10;1-2/h1-4,8H;2H,1H3. The number of nitrogens with zero attached hydrogens (tertiary/aromatic N) is 1. The first kappa shape index (κ1) is 10.4. The molecule has 0 bridgehead atoms. The van der Waals surface area contributed by atoms with Crippen molar-refractivity contribution in [2.75, 3.05) is 7.11 Å². The van der Waals surface area contributed by atoms with Crippen molar-refractivity contribution in [3.63, 3.8) is 0 Å². The normalized spacial score (nSPS) is 8.17. The molecule has 5 heteroatoms. The summed E-state index contributed by atoms with van der Waals surface area (Å²) in [7, 11) is 1.00.